The van der Waals surface area contributed by atoms with Crippen LogP contribution in [-0.2, 0) is 4.79 Å². The number of ether oxygens (including phenoxy) is 1. The molecule has 1 atom stereocenters. The monoisotopic (exact) mass is 446 g/mol. The van der Waals surface area contributed by atoms with E-state index in [1.165, 1.54) is 23.8 Å². The maximum absolute atomic E-state index is 12.6. The first-order valence-corrected chi connectivity index (χ1v) is 10.6. The van der Waals surface area contributed by atoms with E-state index in [4.69, 9.17) is 4.74 Å². The molecule has 3 N–H and O–H groups in total. The van der Waals surface area contributed by atoms with Crippen molar-refractivity contribution in [2.45, 2.75) is 26.2 Å². The number of para-hydroxylation sites is 1. The normalized spacial score (nSPS) is 11.3. The van der Waals surface area contributed by atoms with Crippen molar-refractivity contribution < 1.29 is 24.2 Å². The van der Waals surface area contributed by atoms with Gasteiger partial charge < -0.3 is 20.5 Å². The quantitative estimate of drug-likeness (QED) is 0.421. The Morgan fingerprint density at radius 2 is 1.67 bits per heavy atom. The van der Waals surface area contributed by atoms with Gasteiger partial charge >= 0.3 is 5.97 Å². The lowest BCUT2D eigenvalue weighted by molar-refractivity contribution is -0.118. The summed E-state index contributed by atoms with van der Waals surface area (Å²) in [6.45, 7) is 4.11. The predicted octanol–water partition coefficient (Wildman–Crippen LogP) is 5.17. The molecule has 33 heavy (non-hydrogen) atoms. The highest BCUT2D eigenvalue weighted by Gasteiger charge is 2.14. The van der Waals surface area contributed by atoms with Gasteiger partial charge in [-0.25, -0.2) is 4.79 Å². The molecular formula is C26H26N2O5. The number of carbonyl (C=O) groups excluding carboxylic acids is 2. The van der Waals surface area contributed by atoms with E-state index in [9.17, 15) is 19.5 Å². The van der Waals surface area contributed by atoms with Gasteiger partial charge in [-0.05, 0) is 60.4 Å². The van der Waals surface area contributed by atoms with Gasteiger partial charge in [-0.1, -0.05) is 44.2 Å². The highest BCUT2D eigenvalue weighted by molar-refractivity contribution is 6.08. The van der Waals surface area contributed by atoms with Crippen LogP contribution in [0.4, 0.5) is 11.4 Å². The van der Waals surface area contributed by atoms with E-state index in [1.807, 2.05) is 24.3 Å². The Morgan fingerprint density at radius 1 is 0.939 bits per heavy atom. The van der Waals surface area contributed by atoms with Crippen LogP contribution in [0.1, 0.15) is 52.5 Å². The van der Waals surface area contributed by atoms with Crippen molar-refractivity contribution in [2.24, 2.45) is 0 Å². The Kier molecular flexibility index (Phi) is 7.81. The number of rotatable bonds is 9. The molecule has 0 radical (unpaired) electrons. The van der Waals surface area contributed by atoms with Gasteiger partial charge in [-0.3, -0.25) is 9.59 Å². The number of aromatic carboxylic acids is 1. The van der Waals surface area contributed by atoms with Gasteiger partial charge in [0.1, 0.15) is 5.75 Å². The Bertz CT molecular complexity index is 1140. The molecule has 0 bridgehead atoms. The molecule has 3 aromatic carbocycles. The minimum Gasteiger partial charge on any atom is -0.484 e. The summed E-state index contributed by atoms with van der Waals surface area (Å²) in [5.74, 6) is -0.930. The first kappa shape index (κ1) is 23.5. The maximum Gasteiger partial charge on any atom is 0.337 e. The molecule has 3 aromatic rings. The highest BCUT2D eigenvalue weighted by Crippen LogP contribution is 2.22. The van der Waals surface area contributed by atoms with Gasteiger partial charge in [0.05, 0.1) is 11.3 Å². The number of carboxylic acid groups (broad SMARTS) is 1. The van der Waals surface area contributed by atoms with Gasteiger partial charge in [0.25, 0.3) is 11.8 Å². The van der Waals surface area contributed by atoms with Crippen LogP contribution in [0.2, 0.25) is 0 Å². The van der Waals surface area contributed by atoms with Crippen molar-refractivity contribution in [3.05, 3.63) is 89.5 Å². The summed E-state index contributed by atoms with van der Waals surface area (Å²) in [6, 6.07) is 20.2. The lowest BCUT2D eigenvalue weighted by Gasteiger charge is -2.12. The van der Waals surface area contributed by atoms with Crippen molar-refractivity contribution in [1.82, 2.24) is 0 Å². The number of hydrogen-bond donors (Lipinski definition) is 3. The van der Waals surface area contributed by atoms with Crippen LogP contribution >= 0.6 is 0 Å². The highest BCUT2D eigenvalue weighted by atomic mass is 16.5. The number of carboxylic acids is 1. The van der Waals surface area contributed by atoms with E-state index in [0.29, 0.717) is 17.4 Å². The van der Waals surface area contributed by atoms with Crippen LogP contribution in [0.15, 0.2) is 72.8 Å². The van der Waals surface area contributed by atoms with Crippen molar-refractivity contribution in [2.75, 3.05) is 17.2 Å². The fourth-order valence-electron chi connectivity index (χ4n) is 3.19. The molecule has 0 aromatic heterocycles. The summed E-state index contributed by atoms with van der Waals surface area (Å²) >= 11 is 0. The molecule has 170 valence electrons. The summed E-state index contributed by atoms with van der Waals surface area (Å²) in [5.41, 5.74) is 2.10. The summed E-state index contributed by atoms with van der Waals surface area (Å²) in [7, 11) is 0. The number of carbonyl (C=O) groups is 3. The van der Waals surface area contributed by atoms with Crippen LogP contribution < -0.4 is 15.4 Å². The Hall–Kier alpha value is -4.13. The fourth-order valence-corrected chi connectivity index (χ4v) is 3.19. The molecule has 0 aliphatic carbocycles. The molecule has 0 spiro atoms. The minimum atomic E-state index is -1.14. The van der Waals surface area contributed by atoms with E-state index in [1.54, 1.807) is 30.3 Å². The summed E-state index contributed by atoms with van der Waals surface area (Å²) in [4.78, 5) is 36.2. The standard InChI is InChI=1S/C26H26N2O5/c1-3-17(2)18-11-13-21(14-12-18)33-16-24(29)27-20-8-6-7-19(15-20)25(30)28-23-10-5-4-9-22(23)26(31)32/h4-15,17H,3,16H2,1-2H3,(H,27,29)(H,28,30)(H,31,32)/t17-/m1/s1. The fraction of sp³-hybridized carbons (Fsp3) is 0.192. The van der Waals surface area contributed by atoms with Crippen LogP contribution in [0, 0.1) is 0 Å². The lowest BCUT2D eigenvalue weighted by Crippen LogP contribution is -2.20. The van der Waals surface area contributed by atoms with Gasteiger partial charge in [0.2, 0.25) is 0 Å². The second-order valence-electron chi connectivity index (χ2n) is 7.60. The molecular weight excluding hydrogens is 420 g/mol. The summed E-state index contributed by atoms with van der Waals surface area (Å²) < 4.78 is 5.55. The molecule has 0 aliphatic heterocycles. The number of amides is 2. The SMILES string of the molecule is CC[C@@H](C)c1ccc(OCC(=O)Nc2cccc(C(=O)Nc3ccccc3C(=O)O)c2)cc1. The van der Waals surface area contributed by atoms with Crippen molar-refractivity contribution in [3.63, 3.8) is 0 Å². The van der Waals surface area contributed by atoms with Gasteiger partial charge in [0.15, 0.2) is 6.61 Å². The van der Waals surface area contributed by atoms with Crippen molar-refractivity contribution in [3.8, 4) is 5.75 Å². The minimum absolute atomic E-state index is 0.00959. The van der Waals surface area contributed by atoms with E-state index in [-0.39, 0.29) is 29.3 Å². The maximum atomic E-state index is 12.6. The Labute approximate surface area is 192 Å². The number of hydrogen-bond acceptors (Lipinski definition) is 4. The predicted molar refractivity (Wildman–Crippen MR) is 127 cm³/mol. The second-order valence-corrected chi connectivity index (χ2v) is 7.60. The van der Waals surface area contributed by atoms with E-state index < -0.39 is 11.9 Å². The third kappa shape index (κ3) is 6.43. The van der Waals surface area contributed by atoms with Crippen LogP contribution in [0.25, 0.3) is 0 Å². The molecule has 0 aliphatic rings. The molecule has 0 saturated carbocycles. The topological polar surface area (TPSA) is 105 Å². The Balaban J connectivity index is 1.59. The van der Waals surface area contributed by atoms with Crippen molar-refractivity contribution >= 4 is 29.2 Å². The van der Waals surface area contributed by atoms with Crippen molar-refractivity contribution in [1.29, 1.82) is 0 Å². The zero-order valence-electron chi connectivity index (χ0n) is 18.5. The number of anilines is 2. The third-order valence-electron chi connectivity index (χ3n) is 5.25. The zero-order valence-corrected chi connectivity index (χ0v) is 18.5. The average molecular weight is 447 g/mol. The first-order valence-electron chi connectivity index (χ1n) is 10.6. The van der Waals surface area contributed by atoms with Gasteiger partial charge in [0, 0.05) is 11.3 Å². The molecule has 0 saturated heterocycles. The lowest BCUT2D eigenvalue weighted by atomic mass is 9.99. The number of benzene rings is 3. The Morgan fingerprint density at radius 3 is 2.36 bits per heavy atom. The van der Waals surface area contributed by atoms with E-state index in [0.717, 1.165) is 6.42 Å². The average Bonchev–Trinajstić information content (AvgIpc) is 2.83. The van der Waals surface area contributed by atoms with E-state index in [2.05, 4.69) is 24.5 Å². The third-order valence-corrected chi connectivity index (χ3v) is 5.25. The largest absolute Gasteiger partial charge is 0.484 e. The van der Waals surface area contributed by atoms with E-state index >= 15 is 0 Å². The molecule has 3 rings (SSSR count). The molecule has 7 nitrogen and oxygen atoms in total. The van der Waals surface area contributed by atoms with Gasteiger partial charge in [-0.15, -0.1) is 0 Å². The molecule has 7 heteroatoms. The zero-order chi connectivity index (χ0) is 23.8. The first-order chi connectivity index (χ1) is 15.9. The summed E-state index contributed by atoms with van der Waals surface area (Å²) in [5, 5.41) is 14.6. The molecule has 0 fully saturated rings. The number of nitrogens with one attached hydrogen (secondary N) is 2. The summed E-state index contributed by atoms with van der Waals surface area (Å²) in [6.07, 6.45) is 1.05. The second kappa shape index (κ2) is 10.9. The van der Waals surface area contributed by atoms with Crippen LogP contribution in [0.3, 0.4) is 0 Å². The smallest absolute Gasteiger partial charge is 0.337 e. The molecule has 0 unspecified atom stereocenters. The van der Waals surface area contributed by atoms with Gasteiger partial charge in [-0.2, -0.15) is 0 Å². The molecule has 0 heterocycles. The van der Waals surface area contributed by atoms with Crippen LogP contribution in [0.5, 0.6) is 5.75 Å². The molecule has 2 amide bonds. The van der Waals surface area contributed by atoms with Crippen LogP contribution in [-0.4, -0.2) is 29.5 Å².